The van der Waals surface area contributed by atoms with Crippen molar-refractivity contribution in [3.63, 3.8) is 0 Å². The standard InChI is InChI=1S/C26H34N6O6/c1-2-36-26(35)38-32-14-12-31(13-15-32)25(34)21(17-27)29-24(33)20-16-22(37-19-10-6-7-11-19)30-23(28-20)18-8-4-3-5-9-18/h3-5,8-9,16,19,21H,2,6-7,10-15,17,27H2,1H3,(H,29,33)/t21-/m0/s1. The van der Waals surface area contributed by atoms with Gasteiger partial charge in [0.2, 0.25) is 11.8 Å². The second-order valence-corrected chi connectivity index (χ2v) is 9.10. The number of aromatic nitrogens is 2. The fourth-order valence-electron chi connectivity index (χ4n) is 4.42. The van der Waals surface area contributed by atoms with Crippen molar-refractivity contribution in [3.8, 4) is 17.3 Å². The maximum absolute atomic E-state index is 13.2. The van der Waals surface area contributed by atoms with Crippen molar-refractivity contribution < 1.29 is 28.7 Å². The molecule has 2 heterocycles. The first-order chi connectivity index (χ1) is 18.5. The van der Waals surface area contributed by atoms with Gasteiger partial charge in [-0.25, -0.2) is 9.78 Å². The fourth-order valence-corrected chi connectivity index (χ4v) is 4.42. The van der Waals surface area contributed by atoms with E-state index in [1.54, 1.807) is 11.8 Å². The van der Waals surface area contributed by atoms with E-state index < -0.39 is 18.1 Å². The van der Waals surface area contributed by atoms with Gasteiger partial charge in [-0.3, -0.25) is 9.59 Å². The molecule has 2 amide bonds. The van der Waals surface area contributed by atoms with E-state index in [0.29, 0.717) is 37.9 Å². The van der Waals surface area contributed by atoms with E-state index in [4.69, 9.17) is 20.0 Å². The monoisotopic (exact) mass is 526 g/mol. The van der Waals surface area contributed by atoms with Crippen molar-refractivity contribution in [1.29, 1.82) is 0 Å². The van der Waals surface area contributed by atoms with E-state index in [-0.39, 0.29) is 30.9 Å². The molecular weight excluding hydrogens is 492 g/mol. The Morgan fingerprint density at radius 3 is 2.45 bits per heavy atom. The molecule has 2 aliphatic rings. The van der Waals surface area contributed by atoms with Crippen LogP contribution in [0.2, 0.25) is 0 Å². The zero-order valence-corrected chi connectivity index (χ0v) is 21.5. The van der Waals surface area contributed by atoms with Crippen molar-refractivity contribution in [2.24, 2.45) is 5.73 Å². The summed E-state index contributed by atoms with van der Waals surface area (Å²) in [5.41, 5.74) is 6.71. The molecule has 38 heavy (non-hydrogen) atoms. The molecule has 1 saturated heterocycles. The third-order valence-electron chi connectivity index (χ3n) is 6.41. The molecule has 204 valence electrons. The highest BCUT2D eigenvalue weighted by atomic mass is 16.8. The van der Waals surface area contributed by atoms with Gasteiger partial charge in [-0.1, -0.05) is 30.3 Å². The molecule has 12 heteroatoms. The van der Waals surface area contributed by atoms with Crippen LogP contribution in [0.5, 0.6) is 5.88 Å². The predicted octanol–water partition coefficient (Wildman–Crippen LogP) is 1.75. The molecule has 0 unspecified atom stereocenters. The summed E-state index contributed by atoms with van der Waals surface area (Å²) in [6.07, 6.45) is 3.34. The van der Waals surface area contributed by atoms with Gasteiger partial charge in [-0.2, -0.15) is 4.98 Å². The van der Waals surface area contributed by atoms with Crippen LogP contribution in [0.4, 0.5) is 4.79 Å². The van der Waals surface area contributed by atoms with Crippen LogP contribution in [0, 0.1) is 0 Å². The molecule has 1 aromatic carbocycles. The van der Waals surface area contributed by atoms with E-state index >= 15 is 0 Å². The van der Waals surface area contributed by atoms with Gasteiger partial charge >= 0.3 is 6.16 Å². The van der Waals surface area contributed by atoms with Gasteiger partial charge in [0.25, 0.3) is 5.91 Å². The summed E-state index contributed by atoms with van der Waals surface area (Å²) in [5.74, 6) is -0.186. The molecule has 4 rings (SSSR count). The lowest BCUT2D eigenvalue weighted by atomic mass is 10.2. The second kappa shape index (κ2) is 13.2. The summed E-state index contributed by atoms with van der Waals surface area (Å²) < 4.78 is 10.9. The number of ether oxygens (including phenoxy) is 2. The van der Waals surface area contributed by atoms with Crippen molar-refractivity contribution in [2.75, 3.05) is 39.3 Å². The molecule has 1 aromatic heterocycles. The highest BCUT2D eigenvalue weighted by Crippen LogP contribution is 2.25. The van der Waals surface area contributed by atoms with Crippen LogP contribution in [0.1, 0.15) is 43.1 Å². The average Bonchev–Trinajstić information content (AvgIpc) is 3.45. The average molecular weight is 527 g/mol. The summed E-state index contributed by atoms with van der Waals surface area (Å²) >= 11 is 0. The predicted molar refractivity (Wildman–Crippen MR) is 137 cm³/mol. The van der Waals surface area contributed by atoms with E-state index in [1.165, 1.54) is 11.1 Å². The van der Waals surface area contributed by atoms with Crippen LogP contribution in [0.3, 0.4) is 0 Å². The van der Waals surface area contributed by atoms with Gasteiger partial charge in [0.15, 0.2) is 5.82 Å². The van der Waals surface area contributed by atoms with Crippen molar-refractivity contribution in [3.05, 3.63) is 42.1 Å². The Balaban J connectivity index is 1.43. The molecule has 0 bridgehead atoms. The Labute approximate surface area is 221 Å². The zero-order valence-electron chi connectivity index (χ0n) is 21.5. The number of carbonyl (C=O) groups is 3. The Bertz CT molecular complexity index is 1100. The summed E-state index contributed by atoms with van der Waals surface area (Å²) in [6, 6.07) is 9.88. The van der Waals surface area contributed by atoms with E-state index in [0.717, 1.165) is 31.2 Å². The molecule has 0 spiro atoms. The van der Waals surface area contributed by atoms with Crippen LogP contribution in [-0.2, 0) is 14.4 Å². The van der Waals surface area contributed by atoms with E-state index in [9.17, 15) is 14.4 Å². The number of hydroxylamine groups is 2. The first-order valence-electron chi connectivity index (χ1n) is 13.0. The highest BCUT2D eigenvalue weighted by Gasteiger charge is 2.30. The Morgan fingerprint density at radius 2 is 1.79 bits per heavy atom. The maximum Gasteiger partial charge on any atom is 0.527 e. The first kappa shape index (κ1) is 27.3. The summed E-state index contributed by atoms with van der Waals surface area (Å²) in [4.78, 5) is 53.6. The van der Waals surface area contributed by atoms with Crippen LogP contribution in [0.15, 0.2) is 36.4 Å². The normalized spacial score (nSPS) is 17.1. The minimum absolute atomic E-state index is 0.0503. The lowest BCUT2D eigenvalue weighted by Gasteiger charge is -2.34. The highest BCUT2D eigenvalue weighted by molar-refractivity contribution is 5.96. The quantitative estimate of drug-likeness (QED) is 0.463. The van der Waals surface area contributed by atoms with Crippen molar-refractivity contribution in [2.45, 2.75) is 44.8 Å². The molecule has 12 nitrogen and oxygen atoms in total. The Morgan fingerprint density at radius 1 is 1.08 bits per heavy atom. The SMILES string of the molecule is CCOC(=O)ON1CCN(C(=O)[C@H](CN)NC(=O)c2cc(OC3CCCC3)nc(-c3ccccc3)n2)CC1. The molecule has 1 atom stereocenters. The fraction of sp³-hybridized carbons (Fsp3) is 0.500. The molecule has 1 aliphatic heterocycles. The van der Waals surface area contributed by atoms with Crippen molar-refractivity contribution >= 4 is 18.0 Å². The lowest BCUT2D eigenvalue weighted by molar-refractivity contribution is -0.157. The second-order valence-electron chi connectivity index (χ2n) is 9.10. The molecule has 1 saturated carbocycles. The van der Waals surface area contributed by atoms with Crippen LogP contribution >= 0.6 is 0 Å². The zero-order chi connectivity index (χ0) is 26.9. The number of rotatable bonds is 9. The van der Waals surface area contributed by atoms with Gasteiger partial charge in [0, 0.05) is 31.3 Å². The lowest BCUT2D eigenvalue weighted by Crippen LogP contribution is -2.57. The van der Waals surface area contributed by atoms with Gasteiger partial charge in [-0.15, -0.1) is 5.06 Å². The van der Waals surface area contributed by atoms with Gasteiger partial charge in [-0.05, 0) is 32.6 Å². The molecule has 3 N–H and O–H groups in total. The maximum atomic E-state index is 13.2. The van der Waals surface area contributed by atoms with E-state index in [2.05, 4.69) is 15.3 Å². The molecule has 1 aliphatic carbocycles. The number of carbonyl (C=O) groups excluding carboxylic acids is 3. The third-order valence-corrected chi connectivity index (χ3v) is 6.41. The molecule has 2 fully saturated rings. The number of hydrogen-bond acceptors (Lipinski definition) is 10. The third kappa shape index (κ3) is 7.17. The molecule has 2 aromatic rings. The molecular formula is C26H34N6O6. The Kier molecular flexibility index (Phi) is 9.44. The topological polar surface area (TPSA) is 149 Å². The number of hydrogen-bond donors (Lipinski definition) is 2. The van der Waals surface area contributed by atoms with Crippen LogP contribution in [0.25, 0.3) is 11.4 Å². The molecule has 0 radical (unpaired) electrons. The van der Waals surface area contributed by atoms with Gasteiger partial charge < -0.3 is 30.3 Å². The minimum Gasteiger partial charge on any atom is -0.474 e. The van der Waals surface area contributed by atoms with E-state index in [1.807, 2.05) is 30.3 Å². The smallest absolute Gasteiger partial charge is 0.474 e. The number of nitrogens with two attached hydrogens (primary N) is 1. The minimum atomic E-state index is -0.950. The number of benzene rings is 1. The van der Waals surface area contributed by atoms with Crippen LogP contribution in [-0.4, -0.2) is 89.4 Å². The summed E-state index contributed by atoms with van der Waals surface area (Å²) in [6.45, 7) is 3.03. The summed E-state index contributed by atoms with van der Waals surface area (Å²) in [7, 11) is 0. The number of nitrogens with one attached hydrogen (secondary N) is 1. The van der Waals surface area contributed by atoms with Gasteiger partial charge in [0.05, 0.1) is 19.7 Å². The van der Waals surface area contributed by atoms with Crippen molar-refractivity contribution in [1.82, 2.24) is 25.2 Å². The number of piperazine rings is 1. The Hall–Kier alpha value is -3.77. The largest absolute Gasteiger partial charge is 0.527 e. The number of nitrogens with zero attached hydrogens (tertiary/aromatic N) is 4. The number of amides is 2. The van der Waals surface area contributed by atoms with Gasteiger partial charge in [0.1, 0.15) is 17.8 Å². The van der Waals surface area contributed by atoms with Crippen LogP contribution < -0.4 is 15.8 Å². The summed E-state index contributed by atoms with van der Waals surface area (Å²) in [5, 5.41) is 4.16. The first-order valence-corrected chi connectivity index (χ1v) is 13.0.